The van der Waals surface area contributed by atoms with Crippen LogP contribution in [0, 0.1) is 0 Å². The Balaban J connectivity index is 1.85. The van der Waals surface area contributed by atoms with Crippen molar-refractivity contribution in [2.45, 2.75) is 39.7 Å². The molecule has 0 aromatic heterocycles. The minimum absolute atomic E-state index is 0.212. The average Bonchev–Trinajstić information content (AvgIpc) is 2.72. The quantitative estimate of drug-likeness (QED) is 0.405. The first-order valence-electron chi connectivity index (χ1n) is 10.2. The van der Waals surface area contributed by atoms with Crippen LogP contribution in [0.4, 0.5) is 21.9 Å². The van der Waals surface area contributed by atoms with Gasteiger partial charge in [-0.3, -0.25) is 0 Å². The van der Waals surface area contributed by atoms with Crippen molar-refractivity contribution >= 4 is 29.1 Å². The van der Waals surface area contributed by atoms with Crippen LogP contribution in [0.15, 0.2) is 58.8 Å². The van der Waals surface area contributed by atoms with Gasteiger partial charge >= 0.3 is 12.1 Å². The molecule has 0 unspecified atom stereocenters. The molecule has 2 aromatic carbocycles. The van der Waals surface area contributed by atoms with Gasteiger partial charge in [0.25, 0.3) is 0 Å². The van der Waals surface area contributed by atoms with E-state index in [2.05, 4.69) is 27.4 Å². The Morgan fingerprint density at radius 3 is 2.03 bits per heavy atom. The first-order chi connectivity index (χ1) is 14.7. The van der Waals surface area contributed by atoms with E-state index in [-0.39, 0.29) is 5.56 Å². The lowest BCUT2D eigenvalue weighted by atomic mass is 10.2. The van der Waals surface area contributed by atoms with Gasteiger partial charge in [-0.05, 0) is 82.6 Å². The Labute approximate surface area is 182 Å². The van der Waals surface area contributed by atoms with Gasteiger partial charge in [0.05, 0.1) is 16.9 Å². The molecule has 8 heteroatoms. The van der Waals surface area contributed by atoms with Gasteiger partial charge in [-0.1, -0.05) is 0 Å². The molecule has 0 aliphatic heterocycles. The van der Waals surface area contributed by atoms with Gasteiger partial charge in [-0.15, -0.1) is 0 Å². The molecule has 0 spiro atoms. The third kappa shape index (κ3) is 8.46. The highest BCUT2D eigenvalue weighted by atomic mass is 16.6. The Kier molecular flexibility index (Phi) is 8.54. The maximum absolute atomic E-state index is 11.7. The summed E-state index contributed by atoms with van der Waals surface area (Å²) in [5.74, 6) is -0.972. The van der Waals surface area contributed by atoms with Crippen molar-refractivity contribution < 1.29 is 19.4 Å². The summed E-state index contributed by atoms with van der Waals surface area (Å²) in [6, 6.07) is 13.9. The average molecular weight is 427 g/mol. The third-order valence-corrected chi connectivity index (χ3v) is 4.26. The Hall–Kier alpha value is -3.42. The van der Waals surface area contributed by atoms with Crippen molar-refractivity contribution in [2.24, 2.45) is 10.2 Å². The molecule has 0 saturated heterocycles. The largest absolute Gasteiger partial charge is 0.478 e. The van der Waals surface area contributed by atoms with E-state index >= 15 is 0 Å². The van der Waals surface area contributed by atoms with Gasteiger partial charge in [0.1, 0.15) is 5.60 Å². The number of azo groups is 1. The maximum atomic E-state index is 11.7. The van der Waals surface area contributed by atoms with Gasteiger partial charge in [0.2, 0.25) is 0 Å². The predicted octanol–water partition coefficient (Wildman–Crippen LogP) is 5.54. The number of nitrogens with one attached hydrogen (secondary N) is 1. The molecule has 2 rings (SSSR count). The third-order valence-electron chi connectivity index (χ3n) is 4.26. The summed E-state index contributed by atoms with van der Waals surface area (Å²) in [5, 5.41) is 20.0. The van der Waals surface area contributed by atoms with Crippen LogP contribution in [0.25, 0.3) is 0 Å². The normalized spacial score (nSPS) is 11.4. The van der Waals surface area contributed by atoms with Crippen molar-refractivity contribution in [1.29, 1.82) is 0 Å². The number of carboxylic acid groups (broad SMARTS) is 1. The number of alkyl carbamates (subject to hydrolysis) is 1. The van der Waals surface area contributed by atoms with Crippen LogP contribution in [0.5, 0.6) is 0 Å². The molecular weight excluding hydrogens is 396 g/mol. The van der Waals surface area contributed by atoms with E-state index in [0.717, 1.165) is 25.2 Å². The molecule has 2 aromatic rings. The van der Waals surface area contributed by atoms with E-state index in [1.54, 1.807) is 12.1 Å². The fourth-order valence-corrected chi connectivity index (χ4v) is 2.76. The number of hydrogen-bond acceptors (Lipinski definition) is 6. The lowest BCUT2D eigenvalue weighted by Crippen LogP contribution is -2.34. The molecule has 0 bridgehead atoms. The second kappa shape index (κ2) is 11.1. The Morgan fingerprint density at radius 2 is 1.55 bits per heavy atom. The van der Waals surface area contributed by atoms with Crippen molar-refractivity contribution in [2.75, 3.05) is 24.5 Å². The smallest absolute Gasteiger partial charge is 0.407 e. The number of carbonyl (C=O) groups is 2. The molecule has 2 N–H and O–H groups in total. The number of carbonyl (C=O) groups excluding carboxylic acids is 1. The molecule has 0 aliphatic rings. The zero-order chi connectivity index (χ0) is 22.9. The zero-order valence-electron chi connectivity index (χ0n) is 18.5. The number of carboxylic acids is 1. The zero-order valence-corrected chi connectivity index (χ0v) is 18.5. The summed E-state index contributed by atoms with van der Waals surface area (Å²) >= 11 is 0. The van der Waals surface area contributed by atoms with Crippen LogP contribution >= 0.6 is 0 Å². The van der Waals surface area contributed by atoms with Gasteiger partial charge < -0.3 is 20.1 Å². The lowest BCUT2D eigenvalue weighted by molar-refractivity contribution is 0.0527. The molecule has 0 atom stereocenters. The molecule has 31 heavy (non-hydrogen) atoms. The topological polar surface area (TPSA) is 104 Å². The summed E-state index contributed by atoms with van der Waals surface area (Å²) in [6.07, 6.45) is 0.392. The van der Waals surface area contributed by atoms with Gasteiger partial charge in [-0.2, -0.15) is 10.2 Å². The fourth-order valence-electron chi connectivity index (χ4n) is 2.76. The van der Waals surface area contributed by atoms with Crippen molar-refractivity contribution in [3.05, 3.63) is 54.1 Å². The monoisotopic (exact) mass is 426 g/mol. The predicted molar refractivity (Wildman–Crippen MR) is 121 cm³/mol. The molecular formula is C23H30N4O4. The SMILES string of the molecule is CCN(CCCNC(=O)OC(C)(C)C)c1ccc(/N=N/c2ccc(C(=O)O)cc2)cc1. The van der Waals surface area contributed by atoms with Crippen LogP contribution in [-0.4, -0.2) is 42.4 Å². The Morgan fingerprint density at radius 1 is 1.00 bits per heavy atom. The minimum Gasteiger partial charge on any atom is -0.478 e. The molecule has 0 aliphatic carbocycles. The summed E-state index contributed by atoms with van der Waals surface area (Å²) in [5.41, 5.74) is 2.06. The molecule has 1 amide bonds. The Bertz CT molecular complexity index is 887. The van der Waals surface area contributed by atoms with E-state index in [4.69, 9.17) is 9.84 Å². The standard InChI is InChI=1S/C23H30N4O4/c1-5-27(16-6-15-24-22(30)31-23(2,3)4)20-13-11-19(12-14-20)26-25-18-9-7-17(8-10-18)21(28)29/h7-14H,5-6,15-16H2,1-4H3,(H,24,30)(H,28,29)/b26-25+. The van der Waals surface area contributed by atoms with E-state index < -0.39 is 17.7 Å². The van der Waals surface area contributed by atoms with Crippen molar-refractivity contribution in [3.63, 3.8) is 0 Å². The van der Waals surface area contributed by atoms with Crippen LogP contribution < -0.4 is 10.2 Å². The maximum Gasteiger partial charge on any atom is 0.407 e. The summed E-state index contributed by atoms with van der Waals surface area (Å²) < 4.78 is 5.23. The number of hydrogen-bond donors (Lipinski definition) is 2. The van der Waals surface area contributed by atoms with Crippen LogP contribution in [0.3, 0.4) is 0 Å². The van der Waals surface area contributed by atoms with E-state index in [1.165, 1.54) is 12.1 Å². The van der Waals surface area contributed by atoms with E-state index in [1.807, 2.05) is 45.0 Å². The first kappa shape index (κ1) is 23.9. The molecule has 166 valence electrons. The summed E-state index contributed by atoms with van der Waals surface area (Å²) in [6.45, 7) is 9.76. The van der Waals surface area contributed by atoms with Gasteiger partial charge in [0, 0.05) is 25.3 Å². The van der Waals surface area contributed by atoms with Gasteiger partial charge in [0.15, 0.2) is 0 Å². The van der Waals surface area contributed by atoms with Crippen molar-refractivity contribution in [3.8, 4) is 0 Å². The molecule has 0 fully saturated rings. The van der Waals surface area contributed by atoms with E-state index in [9.17, 15) is 9.59 Å². The van der Waals surface area contributed by atoms with Gasteiger partial charge in [-0.25, -0.2) is 9.59 Å². The number of benzene rings is 2. The molecule has 0 radical (unpaired) electrons. The highest BCUT2D eigenvalue weighted by molar-refractivity contribution is 5.87. The number of nitrogens with zero attached hydrogens (tertiary/aromatic N) is 3. The summed E-state index contributed by atoms with van der Waals surface area (Å²) in [7, 11) is 0. The molecule has 8 nitrogen and oxygen atoms in total. The van der Waals surface area contributed by atoms with Crippen LogP contribution in [0.2, 0.25) is 0 Å². The number of aromatic carboxylic acids is 1. The molecule has 0 heterocycles. The van der Waals surface area contributed by atoms with Crippen molar-refractivity contribution in [1.82, 2.24) is 5.32 Å². The number of rotatable bonds is 9. The minimum atomic E-state index is -0.972. The summed E-state index contributed by atoms with van der Waals surface area (Å²) in [4.78, 5) is 24.8. The first-order valence-corrected chi connectivity index (χ1v) is 10.2. The lowest BCUT2D eigenvalue weighted by Gasteiger charge is -2.23. The molecule has 0 saturated carbocycles. The highest BCUT2D eigenvalue weighted by Gasteiger charge is 2.15. The highest BCUT2D eigenvalue weighted by Crippen LogP contribution is 2.22. The van der Waals surface area contributed by atoms with E-state index in [0.29, 0.717) is 17.9 Å². The second-order valence-corrected chi connectivity index (χ2v) is 7.93. The number of anilines is 1. The van der Waals surface area contributed by atoms with Crippen LogP contribution in [-0.2, 0) is 4.74 Å². The second-order valence-electron chi connectivity index (χ2n) is 7.93. The number of ether oxygens (including phenoxy) is 1. The van der Waals surface area contributed by atoms with Crippen LogP contribution in [0.1, 0.15) is 44.5 Å². The number of amides is 1. The fraction of sp³-hybridized carbons (Fsp3) is 0.391.